The highest BCUT2D eigenvalue weighted by atomic mass is 19.3. The zero-order chi connectivity index (χ0) is 25.8. The monoisotopic (exact) mass is 517 g/mol. The van der Waals surface area contributed by atoms with Crippen molar-refractivity contribution in [3.63, 3.8) is 0 Å². The first kappa shape index (κ1) is 25.6. The Kier molecular flexibility index (Phi) is 7.96. The molecule has 0 atom stereocenters. The van der Waals surface area contributed by atoms with E-state index in [4.69, 9.17) is 24.2 Å². The molecule has 0 aliphatic carbocycles. The van der Waals surface area contributed by atoms with Crippen LogP contribution in [0.2, 0.25) is 0 Å². The van der Waals surface area contributed by atoms with Crippen molar-refractivity contribution in [1.82, 2.24) is 24.4 Å². The number of hydrogen-bond acceptors (Lipinski definition) is 9. The number of benzene rings is 1. The van der Waals surface area contributed by atoms with Gasteiger partial charge in [0.05, 0.1) is 38.6 Å². The van der Waals surface area contributed by atoms with E-state index in [-0.39, 0.29) is 5.95 Å². The number of para-hydroxylation sites is 1. The summed E-state index contributed by atoms with van der Waals surface area (Å²) in [5.74, 6) is 1.56. The maximum atomic E-state index is 14.3. The van der Waals surface area contributed by atoms with Gasteiger partial charge < -0.3 is 28.9 Å². The normalized spacial score (nSPS) is 16.8. The fraction of sp³-hybridized carbons (Fsp3) is 0.560. The van der Waals surface area contributed by atoms with Gasteiger partial charge in [0.15, 0.2) is 5.82 Å². The number of imidazole rings is 1. The molecular formula is C25H33F2N7O3. The number of aromatic nitrogens is 4. The second-order valence-electron chi connectivity index (χ2n) is 9.32. The first-order valence-electron chi connectivity index (χ1n) is 12.6. The minimum Gasteiger partial charge on any atom is -0.491 e. The lowest BCUT2D eigenvalue weighted by Crippen LogP contribution is -2.39. The summed E-state index contributed by atoms with van der Waals surface area (Å²) < 4.78 is 47.0. The average Bonchev–Trinajstić information content (AvgIpc) is 3.33. The Balaban J connectivity index is 1.58. The van der Waals surface area contributed by atoms with Crippen molar-refractivity contribution in [1.29, 1.82) is 0 Å². The number of hydrogen-bond donors (Lipinski definition) is 0. The lowest BCUT2D eigenvalue weighted by molar-refractivity contribution is 0.122. The van der Waals surface area contributed by atoms with E-state index in [0.717, 1.165) is 13.0 Å². The molecule has 200 valence electrons. The van der Waals surface area contributed by atoms with Gasteiger partial charge in [0, 0.05) is 38.8 Å². The maximum absolute atomic E-state index is 14.3. The van der Waals surface area contributed by atoms with Gasteiger partial charge >= 0.3 is 0 Å². The fourth-order valence-corrected chi connectivity index (χ4v) is 4.55. The molecule has 0 N–H and O–H groups in total. The van der Waals surface area contributed by atoms with Crippen LogP contribution in [0.5, 0.6) is 5.75 Å². The van der Waals surface area contributed by atoms with Gasteiger partial charge in [0.2, 0.25) is 5.95 Å². The van der Waals surface area contributed by atoms with Crippen molar-refractivity contribution in [2.75, 3.05) is 89.7 Å². The second kappa shape index (κ2) is 11.5. The Hall–Kier alpha value is -3.09. The number of fused-ring (bicyclic) bond motifs is 1. The molecule has 0 unspecified atom stereocenters. The first-order chi connectivity index (χ1) is 18.0. The van der Waals surface area contributed by atoms with E-state index in [1.165, 1.54) is 4.57 Å². The van der Waals surface area contributed by atoms with E-state index in [0.29, 0.717) is 87.6 Å². The largest absolute Gasteiger partial charge is 0.491 e. The molecule has 4 heterocycles. The Morgan fingerprint density at radius 1 is 0.946 bits per heavy atom. The molecule has 2 aliphatic heterocycles. The minimum atomic E-state index is -2.82. The van der Waals surface area contributed by atoms with Crippen LogP contribution in [0.15, 0.2) is 24.3 Å². The predicted octanol–water partition coefficient (Wildman–Crippen LogP) is 2.76. The highest BCUT2D eigenvalue weighted by Gasteiger charge is 2.26. The van der Waals surface area contributed by atoms with E-state index >= 15 is 0 Å². The molecule has 2 aliphatic rings. The van der Waals surface area contributed by atoms with E-state index in [9.17, 15) is 8.78 Å². The Labute approximate surface area is 214 Å². The number of rotatable bonds is 9. The molecule has 1 aromatic carbocycles. The van der Waals surface area contributed by atoms with Gasteiger partial charge in [-0.05, 0) is 32.6 Å². The number of morpholine rings is 2. The molecule has 2 saturated heterocycles. The number of alkyl halides is 2. The van der Waals surface area contributed by atoms with E-state index in [1.54, 1.807) is 18.2 Å². The summed E-state index contributed by atoms with van der Waals surface area (Å²) >= 11 is 0. The van der Waals surface area contributed by atoms with Crippen molar-refractivity contribution in [2.45, 2.75) is 12.8 Å². The molecule has 3 aromatic rings. The smallest absolute Gasteiger partial charge is 0.296 e. The van der Waals surface area contributed by atoms with Crippen LogP contribution in [-0.4, -0.2) is 104 Å². The third kappa shape index (κ3) is 5.76. The summed E-state index contributed by atoms with van der Waals surface area (Å²) in [7, 11) is 3.99. The van der Waals surface area contributed by atoms with Crippen LogP contribution in [0.1, 0.15) is 18.7 Å². The van der Waals surface area contributed by atoms with Gasteiger partial charge in [-0.3, -0.25) is 4.57 Å². The van der Waals surface area contributed by atoms with Crippen molar-refractivity contribution in [3.8, 4) is 11.7 Å². The molecule has 0 amide bonds. The standard InChI is InChI=1S/C25H33F2N7O3/c1-31(2)7-4-12-37-19-6-3-5-18-22(19)30-24(23(26)27)34(18)25-28-20(32-8-13-35-14-9-32)17-21(29-25)33-10-15-36-16-11-33/h3,5-6,17,23H,4,7-16H2,1-2H3. The summed E-state index contributed by atoms with van der Waals surface area (Å²) in [6.45, 7) is 6.29. The molecule has 5 rings (SSSR count). The third-order valence-corrected chi connectivity index (χ3v) is 6.43. The molecule has 0 spiro atoms. The number of ether oxygens (including phenoxy) is 3. The van der Waals surface area contributed by atoms with Crippen LogP contribution in [-0.2, 0) is 9.47 Å². The lowest BCUT2D eigenvalue weighted by Gasteiger charge is -2.31. The molecule has 12 heteroatoms. The lowest BCUT2D eigenvalue weighted by atomic mass is 10.3. The van der Waals surface area contributed by atoms with Crippen molar-refractivity contribution in [2.24, 2.45) is 0 Å². The second-order valence-corrected chi connectivity index (χ2v) is 9.32. The average molecular weight is 518 g/mol. The molecule has 2 aromatic heterocycles. The zero-order valence-corrected chi connectivity index (χ0v) is 21.3. The Bertz CT molecular complexity index is 1160. The molecule has 2 fully saturated rings. The highest BCUT2D eigenvalue weighted by molar-refractivity contribution is 5.84. The maximum Gasteiger partial charge on any atom is 0.296 e. The van der Waals surface area contributed by atoms with Crippen LogP contribution in [0, 0.1) is 0 Å². The minimum absolute atomic E-state index is 0.160. The van der Waals surface area contributed by atoms with Crippen LogP contribution < -0.4 is 14.5 Å². The summed E-state index contributed by atoms with van der Waals surface area (Å²) in [4.78, 5) is 20.1. The molecule has 37 heavy (non-hydrogen) atoms. The van der Waals surface area contributed by atoms with Crippen molar-refractivity contribution >= 4 is 22.7 Å². The molecule has 0 saturated carbocycles. The van der Waals surface area contributed by atoms with Crippen LogP contribution >= 0.6 is 0 Å². The molecule has 0 radical (unpaired) electrons. The van der Waals surface area contributed by atoms with E-state index in [1.807, 2.05) is 20.2 Å². The molecular weight excluding hydrogens is 484 g/mol. The van der Waals surface area contributed by atoms with E-state index in [2.05, 4.69) is 19.7 Å². The third-order valence-electron chi connectivity index (χ3n) is 6.43. The summed E-state index contributed by atoms with van der Waals surface area (Å²) in [6.07, 6.45) is -2.02. The number of nitrogens with zero attached hydrogens (tertiary/aromatic N) is 7. The molecule has 0 bridgehead atoms. The first-order valence-corrected chi connectivity index (χ1v) is 12.6. The van der Waals surface area contributed by atoms with Crippen LogP contribution in [0.4, 0.5) is 20.4 Å². The van der Waals surface area contributed by atoms with Gasteiger partial charge in [-0.1, -0.05) is 6.07 Å². The van der Waals surface area contributed by atoms with Crippen LogP contribution in [0.25, 0.3) is 17.0 Å². The number of anilines is 2. The fourth-order valence-electron chi connectivity index (χ4n) is 4.55. The van der Waals surface area contributed by atoms with Crippen LogP contribution in [0.3, 0.4) is 0 Å². The Morgan fingerprint density at radius 3 is 2.14 bits per heavy atom. The van der Waals surface area contributed by atoms with Gasteiger partial charge in [-0.2, -0.15) is 9.97 Å². The Morgan fingerprint density at radius 2 is 1.57 bits per heavy atom. The van der Waals surface area contributed by atoms with Gasteiger partial charge in [0.25, 0.3) is 6.43 Å². The summed E-state index contributed by atoms with van der Waals surface area (Å²) in [6, 6.07) is 7.21. The summed E-state index contributed by atoms with van der Waals surface area (Å²) in [5.41, 5.74) is 0.850. The summed E-state index contributed by atoms with van der Waals surface area (Å²) in [5, 5.41) is 0. The van der Waals surface area contributed by atoms with Gasteiger partial charge in [-0.15, -0.1) is 0 Å². The van der Waals surface area contributed by atoms with Gasteiger partial charge in [-0.25, -0.2) is 13.8 Å². The van der Waals surface area contributed by atoms with Gasteiger partial charge in [0.1, 0.15) is 22.9 Å². The highest BCUT2D eigenvalue weighted by Crippen LogP contribution is 2.33. The molecule has 10 nitrogen and oxygen atoms in total. The van der Waals surface area contributed by atoms with E-state index < -0.39 is 12.2 Å². The zero-order valence-electron chi connectivity index (χ0n) is 21.3. The predicted molar refractivity (Wildman–Crippen MR) is 136 cm³/mol. The SMILES string of the molecule is CN(C)CCCOc1cccc2c1nc(C(F)F)n2-c1nc(N2CCOCC2)cc(N2CCOCC2)n1. The van der Waals surface area contributed by atoms with Crippen molar-refractivity contribution in [3.05, 3.63) is 30.1 Å². The topological polar surface area (TPSA) is 81.0 Å². The number of halogens is 2. The van der Waals surface area contributed by atoms with Crippen molar-refractivity contribution < 1.29 is 23.0 Å². The quantitative estimate of drug-likeness (QED) is 0.398.